The Morgan fingerprint density at radius 2 is 2.12 bits per heavy atom. The molecule has 1 amide bonds. The molecular weight excluding hydrogens is 220 g/mol. The molecule has 0 bridgehead atoms. The Balaban J connectivity index is 2.96. The lowest BCUT2D eigenvalue weighted by atomic mass is 9.99. The molecule has 0 saturated carbocycles. The number of nitrogens with one attached hydrogen (secondary N) is 2. The van der Waals surface area contributed by atoms with Crippen molar-refractivity contribution in [2.45, 2.75) is 26.7 Å². The van der Waals surface area contributed by atoms with Gasteiger partial charge in [-0.05, 0) is 42.3 Å². The highest BCUT2D eigenvalue weighted by molar-refractivity contribution is 7.80. The van der Waals surface area contributed by atoms with E-state index < -0.39 is 0 Å². The number of carbonyl (C=O) groups excluding carboxylic acids is 1. The van der Waals surface area contributed by atoms with E-state index in [4.69, 9.17) is 12.2 Å². The lowest BCUT2D eigenvalue weighted by Gasteiger charge is -2.15. The van der Waals surface area contributed by atoms with Crippen molar-refractivity contribution < 1.29 is 4.79 Å². The average Bonchev–Trinajstić information content (AvgIpc) is 2.17. The van der Waals surface area contributed by atoms with Gasteiger partial charge in [0, 0.05) is 5.69 Å². The van der Waals surface area contributed by atoms with Gasteiger partial charge in [0.05, 0.1) is 0 Å². The number of rotatable bonds is 3. The van der Waals surface area contributed by atoms with Gasteiger partial charge in [-0.25, -0.2) is 0 Å². The van der Waals surface area contributed by atoms with Gasteiger partial charge in [-0.3, -0.25) is 4.79 Å². The molecule has 0 aliphatic carbocycles. The van der Waals surface area contributed by atoms with Gasteiger partial charge in [0.15, 0.2) is 5.11 Å². The van der Waals surface area contributed by atoms with E-state index in [1.165, 1.54) is 5.56 Å². The van der Waals surface area contributed by atoms with Gasteiger partial charge in [0.1, 0.15) is 0 Å². The largest absolute Gasteiger partial charge is 0.332 e. The first-order valence-electron chi connectivity index (χ1n) is 5.16. The second-order valence-electron chi connectivity index (χ2n) is 3.96. The van der Waals surface area contributed by atoms with Crippen LogP contribution >= 0.6 is 12.2 Å². The zero-order valence-electron chi connectivity index (χ0n) is 9.70. The third-order valence-electron chi connectivity index (χ3n) is 2.27. The molecule has 0 aliphatic rings. The minimum atomic E-state index is 0.322. The Morgan fingerprint density at radius 1 is 1.44 bits per heavy atom. The van der Waals surface area contributed by atoms with Crippen molar-refractivity contribution >= 4 is 29.4 Å². The average molecular weight is 236 g/mol. The SMILES string of the molecule is Cc1ccc(C(C)C)c(NC(=S)NC=O)c1. The number of anilines is 1. The maximum atomic E-state index is 10.3. The zero-order chi connectivity index (χ0) is 12.1. The van der Waals surface area contributed by atoms with Crippen molar-refractivity contribution in [1.82, 2.24) is 5.32 Å². The van der Waals surface area contributed by atoms with Crippen molar-refractivity contribution in [1.29, 1.82) is 0 Å². The summed E-state index contributed by atoms with van der Waals surface area (Å²) >= 11 is 4.97. The minimum absolute atomic E-state index is 0.322. The lowest BCUT2D eigenvalue weighted by Crippen LogP contribution is -2.27. The summed E-state index contributed by atoms with van der Waals surface area (Å²) in [4.78, 5) is 10.3. The van der Waals surface area contributed by atoms with E-state index in [0.717, 1.165) is 11.3 Å². The van der Waals surface area contributed by atoms with Gasteiger partial charge in [-0.1, -0.05) is 26.0 Å². The number of aryl methyl sites for hydroxylation is 1. The lowest BCUT2D eigenvalue weighted by molar-refractivity contribution is -0.108. The Kier molecular flexibility index (Phi) is 4.43. The van der Waals surface area contributed by atoms with Crippen molar-refractivity contribution in [2.75, 3.05) is 5.32 Å². The molecule has 1 aromatic carbocycles. The fourth-order valence-corrected chi connectivity index (χ4v) is 1.65. The number of hydrogen-bond acceptors (Lipinski definition) is 2. The Labute approximate surface area is 101 Å². The summed E-state index contributed by atoms with van der Waals surface area (Å²) in [5, 5.41) is 5.76. The molecule has 1 rings (SSSR count). The molecule has 0 radical (unpaired) electrons. The smallest absolute Gasteiger partial charge is 0.213 e. The van der Waals surface area contributed by atoms with E-state index in [2.05, 4.69) is 36.6 Å². The van der Waals surface area contributed by atoms with E-state index in [1.807, 2.05) is 13.0 Å². The fraction of sp³-hybridized carbons (Fsp3) is 0.333. The molecule has 0 spiro atoms. The van der Waals surface area contributed by atoms with Crippen molar-refractivity contribution in [3.63, 3.8) is 0 Å². The molecule has 16 heavy (non-hydrogen) atoms. The molecule has 0 unspecified atom stereocenters. The molecule has 0 aromatic heterocycles. The molecule has 0 saturated heterocycles. The normalized spacial score (nSPS) is 10.0. The van der Waals surface area contributed by atoms with E-state index in [9.17, 15) is 4.79 Å². The van der Waals surface area contributed by atoms with Gasteiger partial charge < -0.3 is 10.6 Å². The minimum Gasteiger partial charge on any atom is -0.332 e. The van der Waals surface area contributed by atoms with Crippen molar-refractivity contribution in [3.05, 3.63) is 29.3 Å². The molecule has 86 valence electrons. The summed E-state index contributed by atoms with van der Waals surface area (Å²) in [7, 11) is 0. The monoisotopic (exact) mass is 236 g/mol. The Bertz CT molecular complexity index is 402. The summed E-state index contributed by atoms with van der Waals surface area (Å²) in [5.74, 6) is 0.405. The highest BCUT2D eigenvalue weighted by atomic mass is 32.1. The van der Waals surface area contributed by atoms with Crippen LogP contribution in [0.1, 0.15) is 30.9 Å². The fourth-order valence-electron chi connectivity index (χ4n) is 1.49. The molecule has 1 aromatic rings. The number of hydrogen-bond donors (Lipinski definition) is 2. The van der Waals surface area contributed by atoms with Crippen LogP contribution < -0.4 is 10.6 Å². The zero-order valence-corrected chi connectivity index (χ0v) is 10.5. The molecule has 2 N–H and O–H groups in total. The number of thiocarbonyl (C=S) groups is 1. The van der Waals surface area contributed by atoms with Crippen LogP contribution in [0.25, 0.3) is 0 Å². The highest BCUT2D eigenvalue weighted by Crippen LogP contribution is 2.25. The number of amides is 1. The predicted molar refractivity (Wildman–Crippen MR) is 70.7 cm³/mol. The van der Waals surface area contributed by atoms with Crippen LogP contribution in [-0.2, 0) is 4.79 Å². The summed E-state index contributed by atoms with van der Waals surface area (Å²) in [6.45, 7) is 6.25. The maximum absolute atomic E-state index is 10.3. The van der Waals surface area contributed by atoms with Crippen molar-refractivity contribution in [2.24, 2.45) is 0 Å². The van der Waals surface area contributed by atoms with E-state index in [0.29, 0.717) is 17.4 Å². The molecular formula is C12H16N2OS. The molecule has 0 fully saturated rings. The van der Waals surface area contributed by atoms with Gasteiger partial charge in [-0.15, -0.1) is 0 Å². The molecule has 3 nitrogen and oxygen atoms in total. The first-order chi connectivity index (χ1) is 7.54. The number of carbonyl (C=O) groups is 1. The van der Waals surface area contributed by atoms with Crippen LogP contribution in [0.15, 0.2) is 18.2 Å². The standard InChI is InChI=1S/C12H16N2OS/c1-8(2)10-5-4-9(3)6-11(10)14-12(16)13-7-15/h4-8H,1-3H3,(H2,13,14,15,16). The predicted octanol–water partition coefficient (Wildman–Crippen LogP) is 2.56. The number of benzene rings is 1. The van der Waals surface area contributed by atoms with E-state index in [-0.39, 0.29) is 0 Å². The third-order valence-corrected chi connectivity index (χ3v) is 2.49. The summed E-state index contributed by atoms with van der Waals surface area (Å²) in [6, 6.07) is 6.16. The van der Waals surface area contributed by atoms with Gasteiger partial charge in [0.2, 0.25) is 6.41 Å². The van der Waals surface area contributed by atoms with Crippen LogP contribution in [-0.4, -0.2) is 11.5 Å². The summed E-state index contributed by atoms with van der Waals surface area (Å²) in [5.41, 5.74) is 3.29. The van der Waals surface area contributed by atoms with Gasteiger partial charge in [0.25, 0.3) is 0 Å². The molecule has 0 heterocycles. The van der Waals surface area contributed by atoms with Crippen molar-refractivity contribution in [3.8, 4) is 0 Å². The van der Waals surface area contributed by atoms with E-state index >= 15 is 0 Å². The first kappa shape index (κ1) is 12.6. The summed E-state index contributed by atoms with van der Waals surface area (Å²) in [6.07, 6.45) is 0.570. The second kappa shape index (κ2) is 5.61. The van der Waals surface area contributed by atoms with Gasteiger partial charge >= 0.3 is 0 Å². The topological polar surface area (TPSA) is 41.1 Å². The third kappa shape index (κ3) is 3.31. The van der Waals surface area contributed by atoms with Crippen LogP contribution in [0, 0.1) is 6.92 Å². The van der Waals surface area contributed by atoms with Crippen LogP contribution in [0.4, 0.5) is 5.69 Å². The molecule has 0 atom stereocenters. The Hall–Kier alpha value is -1.42. The van der Waals surface area contributed by atoms with Crippen LogP contribution in [0.2, 0.25) is 0 Å². The maximum Gasteiger partial charge on any atom is 0.213 e. The highest BCUT2D eigenvalue weighted by Gasteiger charge is 2.07. The summed E-state index contributed by atoms with van der Waals surface area (Å²) < 4.78 is 0. The van der Waals surface area contributed by atoms with Gasteiger partial charge in [-0.2, -0.15) is 0 Å². The van der Waals surface area contributed by atoms with Crippen LogP contribution in [0.5, 0.6) is 0 Å². The molecule has 4 heteroatoms. The second-order valence-corrected chi connectivity index (χ2v) is 4.37. The quantitative estimate of drug-likeness (QED) is 0.626. The first-order valence-corrected chi connectivity index (χ1v) is 5.57. The van der Waals surface area contributed by atoms with Crippen LogP contribution in [0.3, 0.4) is 0 Å². The Morgan fingerprint density at radius 3 is 2.69 bits per heavy atom. The molecule has 0 aliphatic heterocycles. The van der Waals surface area contributed by atoms with E-state index in [1.54, 1.807) is 0 Å².